The van der Waals surface area contributed by atoms with Crippen LogP contribution in [0.5, 0.6) is 0 Å². The Bertz CT molecular complexity index is 597. The molecule has 0 heterocycles. The van der Waals surface area contributed by atoms with Crippen LogP contribution in [0.25, 0.3) is 6.08 Å². The molecule has 0 saturated heterocycles. The lowest BCUT2D eigenvalue weighted by atomic mass is 10.2. The van der Waals surface area contributed by atoms with Crippen molar-refractivity contribution >= 4 is 29.3 Å². The first-order chi connectivity index (χ1) is 10.5. The SMILES string of the molecule is CCCN(CC1CC1)C(=O)/C=C/c1ccc(Cl)c([N+](=O)[O-])c1. The van der Waals surface area contributed by atoms with Crippen molar-refractivity contribution in [3.05, 3.63) is 45.0 Å². The summed E-state index contributed by atoms with van der Waals surface area (Å²) in [6.45, 7) is 3.58. The van der Waals surface area contributed by atoms with E-state index in [1.807, 2.05) is 11.8 Å². The fourth-order valence-corrected chi connectivity index (χ4v) is 2.41. The molecule has 6 heteroatoms. The highest BCUT2D eigenvalue weighted by atomic mass is 35.5. The van der Waals surface area contributed by atoms with Gasteiger partial charge in [-0.3, -0.25) is 14.9 Å². The molecule has 0 radical (unpaired) electrons. The number of rotatable bonds is 7. The highest BCUT2D eigenvalue weighted by molar-refractivity contribution is 6.32. The first-order valence-corrected chi connectivity index (χ1v) is 7.80. The first-order valence-electron chi connectivity index (χ1n) is 7.42. The lowest BCUT2D eigenvalue weighted by molar-refractivity contribution is -0.384. The van der Waals surface area contributed by atoms with Gasteiger partial charge in [0.25, 0.3) is 5.69 Å². The molecule has 0 aromatic heterocycles. The molecule has 0 bridgehead atoms. The molecule has 1 aromatic carbocycles. The molecule has 2 rings (SSSR count). The van der Waals surface area contributed by atoms with Crippen LogP contribution in [-0.2, 0) is 4.79 Å². The van der Waals surface area contributed by atoms with Gasteiger partial charge in [0.1, 0.15) is 5.02 Å². The van der Waals surface area contributed by atoms with E-state index in [0.717, 1.165) is 19.5 Å². The minimum atomic E-state index is -0.530. The summed E-state index contributed by atoms with van der Waals surface area (Å²) >= 11 is 5.77. The predicted molar refractivity (Wildman–Crippen MR) is 86.7 cm³/mol. The van der Waals surface area contributed by atoms with E-state index >= 15 is 0 Å². The Labute approximate surface area is 134 Å². The molecule has 118 valence electrons. The van der Waals surface area contributed by atoms with Crippen LogP contribution in [0.4, 0.5) is 5.69 Å². The van der Waals surface area contributed by atoms with Crippen LogP contribution in [0.1, 0.15) is 31.7 Å². The molecule has 1 fully saturated rings. The summed E-state index contributed by atoms with van der Waals surface area (Å²) in [7, 11) is 0. The maximum Gasteiger partial charge on any atom is 0.288 e. The van der Waals surface area contributed by atoms with Gasteiger partial charge in [0.05, 0.1) is 4.92 Å². The number of nitrogens with zero attached hydrogens (tertiary/aromatic N) is 2. The lowest BCUT2D eigenvalue weighted by Gasteiger charge is -2.20. The smallest absolute Gasteiger partial charge is 0.288 e. The zero-order chi connectivity index (χ0) is 16.1. The van der Waals surface area contributed by atoms with Crippen molar-refractivity contribution in [3.63, 3.8) is 0 Å². The third kappa shape index (κ3) is 4.56. The fourth-order valence-electron chi connectivity index (χ4n) is 2.22. The van der Waals surface area contributed by atoms with Crippen molar-refractivity contribution in [3.8, 4) is 0 Å². The molecule has 0 unspecified atom stereocenters. The minimum absolute atomic E-state index is 0.0497. The number of carbonyl (C=O) groups excluding carboxylic acids is 1. The highest BCUT2D eigenvalue weighted by Crippen LogP contribution is 2.30. The van der Waals surface area contributed by atoms with Gasteiger partial charge in [-0.15, -0.1) is 0 Å². The second-order valence-electron chi connectivity index (χ2n) is 5.53. The van der Waals surface area contributed by atoms with Gasteiger partial charge in [-0.1, -0.05) is 24.6 Å². The molecule has 0 atom stereocenters. The normalized spacial score (nSPS) is 14.3. The number of hydrogen-bond acceptors (Lipinski definition) is 3. The summed E-state index contributed by atoms with van der Waals surface area (Å²) in [5.74, 6) is 0.590. The third-order valence-corrected chi connectivity index (χ3v) is 3.89. The van der Waals surface area contributed by atoms with E-state index in [1.165, 1.54) is 31.1 Å². The molecule has 1 saturated carbocycles. The summed E-state index contributed by atoms with van der Waals surface area (Å²) in [6.07, 6.45) is 6.38. The molecule has 5 nitrogen and oxygen atoms in total. The van der Waals surface area contributed by atoms with Crippen LogP contribution >= 0.6 is 11.6 Å². The Morgan fingerprint density at radius 3 is 2.82 bits per heavy atom. The fraction of sp³-hybridized carbons (Fsp3) is 0.438. The van der Waals surface area contributed by atoms with Crippen molar-refractivity contribution in [1.82, 2.24) is 4.90 Å². The zero-order valence-electron chi connectivity index (χ0n) is 12.5. The number of nitro benzene ring substituents is 1. The van der Waals surface area contributed by atoms with Crippen molar-refractivity contribution in [1.29, 1.82) is 0 Å². The molecule has 1 aliphatic carbocycles. The Kier molecular flexibility index (Phi) is 5.55. The van der Waals surface area contributed by atoms with E-state index in [9.17, 15) is 14.9 Å². The summed E-state index contributed by atoms with van der Waals surface area (Å²) in [6, 6.07) is 4.50. The van der Waals surface area contributed by atoms with Gasteiger partial charge in [-0.2, -0.15) is 0 Å². The topological polar surface area (TPSA) is 63.5 Å². The van der Waals surface area contributed by atoms with E-state index in [2.05, 4.69) is 0 Å². The molecule has 1 aliphatic rings. The second kappa shape index (κ2) is 7.40. The van der Waals surface area contributed by atoms with Crippen molar-refractivity contribution in [2.75, 3.05) is 13.1 Å². The third-order valence-electron chi connectivity index (χ3n) is 3.57. The number of nitro groups is 1. The monoisotopic (exact) mass is 322 g/mol. The van der Waals surface area contributed by atoms with Gasteiger partial charge in [-0.05, 0) is 42.9 Å². The van der Waals surface area contributed by atoms with E-state index in [1.54, 1.807) is 12.1 Å². The Hall–Kier alpha value is -1.88. The maximum atomic E-state index is 12.2. The Morgan fingerprint density at radius 1 is 1.50 bits per heavy atom. The quantitative estimate of drug-likeness (QED) is 0.434. The summed E-state index contributed by atoms with van der Waals surface area (Å²) in [4.78, 5) is 24.4. The largest absolute Gasteiger partial charge is 0.339 e. The molecule has 1 amide bonds. The van der Waals surface area contributed by atoms with Crippen LogP contribution in [0, 0.1) is 16.0 Å². The van der Waals surface area contributed by atoms with Crippen molar-refractivity contribution in [2.45, 2.75) is 26.2 Å². The molecule has 0 spiro atoms. The zero-order valence-corrected chi connectivity index (χ0v) is 13.3. The number of amides is 1. The summed E-state index contributed by atoms with van der Waals surface area (Å²) in [5.41, 5.74) is 0.437. The van der Waals surface area contributed by atoms with Crippen LogP contribution in [0.2, 0.25) is 5.02 Å². The summed E-state index contributed by atoms with van der Waals surface area (Å²) in [5, 5.41) is 10.9. The first kappa shape index (κ1) is 16.5. The molecule has 1 aromatic rings. The molecule has 22 heavy (non-hydrogen) atoms. The van der Waals surface area contributed by atoms with E-state index in [4.69, 9.17) is 11.6 Å². The van der Waals surface area contributed by atoms with Crippen LogP contribution in [0.3, 0.4) is 0 Å². The predicted octanol–water partition coefficient (Wildman–Crippen LogP) is 3.91. The summed E-state index contributed by atoms with van der Waals surface area (Å²) < 4.78 is 0. The Balaban J connectivity index is 2.07. The molecule has 0 aliphatic heterocycles. The Morgan fingerprint density at radius 2 is 2.23 bits per heavy atom. The highest BCUT2D eigenvalue weighted by Gasteiger charge is 2.25. The maximum absolute atomic E-state index is 12.2. The van der Waals surface area contributed by atoms with Crippen LogP contribution in [-0.4, -0.2) is 28.8 Å². The van der Waals surface area contributed by atoms with Gasteiger partial charge in [-0.25, -0.2) is 0 Å². The van der Waals surface area contributed by atoms with E-state index in [0.29, 0.717) is 11.5 Å². The standard InChI is InChI=1S/C16H19ClN2O3/c1-2-9-18(11-13-3-4-13)16(20)8-6-12-5-7-14(17)15(10-12)19(21)22/h5-8,10,13H,2-4,9,11H2,1H3/b8-6+. The second-order valence-corrected chi connectivity index (χ2v) is 5.94. The van der Waals surface area contributed by atoms with E-state index < -0.39 is 4.92 Å². The van der Waals surface area contributed by atoms with Gasteiger partial charge >= 0.3 is 0 Å². The van der Waals surface area contributed by atoms with Crippen LogP contribution < -0.4 is 0 Å². The molecule has 0 N–H and O–H groups in total. The van der Waals surface area contributed by atoms with Crippen molar-refractivity contribution < 1.29 is 9.72 Å². The lowest BCUT2D eigenvalue weighted by Crippen LogP contribution is -2.32. The van der Waals surface area contributed by atoms with Gasteiger partial charge in [0.15, 0.2) is 0 Å². The molecular weight excluding hydrogens is 304 g/mol. The van der Waals surface area contributed by atoms with Gasteiger partial charge in [0, 0.05) is 25.2 Å². The van der Waals surface area contributed by atoms with Crippen LogP contribution in [0.15, 0.2) is 24.3 Å². The number of hydrogen-bond donors (Lipinski definition) is 0. The van der Waals surface area contributed by atoms with Gasteiger partial charge < -0.3 is 4.90 Å². The number of carbonyl (C=O) groups is 1. The number of benzene rings is 1. The van der Waals surface area contributed by atoms with Crippen molar-refractivity contribution in [2.24, 2.45) is 5.92 Å². The average Bonchev–Trinajstić information content (AvgIpc) is 3.29. The van der Waals surface area contributed by atoms with E-state index in [-0.39, 0.29) is 16.6 Å². The van der Waals surface area contributed by atoms with Gasteiger partial charge in [0.2, 0.25) is 5.91 Å². The minimum Gasteiger partial charge on any atom is -0.339 e. The number of halogens is 1. The molecular formula is C16H19ClN2O3. The average molecular weight is 323 g/mol.